The van der Waals surface area contributed by atoms with Gasteiger partial charge in [0.15, 0.2) is 5.78 Å². The van der Waals surface area contributed by atoms with Gasteiger partial charge in [-0.3, -0.25) is 4.79 Å². The van der Waals surface area contributed by atoms with Crippen LogP contribution >= 0.6 is 0 Å². The molecule has 1 rings (SSSR count). The number of carbonyl (C=O) groups excluding carboxylic acids is 1. The zero-order valence-corrected chi connectivity index (χ0v) is 8.97. The molecule has 1 atom stereocenters. The van der Waals surface area contributed by atoms with Crippen LogP contribution in [-0.4, -0.2) is 5.78 Å². The molecule has 0 radical (unpaired) electrons. The number of ketones is 1. The Hall–Kier alpha value is -0.590. The van der Waals surface area contributed by atoms with Crippen LogP contribution in [-0.2, 0) is 4.79 Å². The third-order valence-electron chi connectivity index (χ3n) is 2.62. The van der Waals surface area contributed by atoms with Crippen molar-refractivity contribution in [1.29, 1.82) is 0 Å². The van der Waals surface area contributed by atoms with E-state index in [1.165, 1.54) is 6.42 Å². The summed E-state index contributed by atoms with van der Waals surface area (Å²) in [6, 6.07) is 0. The molecule has 0 spiro atoms. The Kier molecular flexibility index (Phi) is 3.71. The van der Waals surface area contributed by atoms with Gasteiger partial charge in [0.25, 0.3) is 0 Å². The first-order valence-electron chi connectivity index (χ1n) is 5.31. The van der Waals surface area contributed by atoms with Gasteiger partial charge in [0, 0.05) is 6.42 Å². The van der Waals surface area contributed by atoms with Crippen LogP contribution in [0.25, 0.3) is 0 Å². The lowest BCUT2D eigenvalue weighted by Gasteiger charge is -2.17. The highest BCUT2D eigenvalue weighted by atomic mass is 16.1. The average Bonchev–Trinajstić information content (AvgIpc) is 2.04. The standard InChI is InChI=1S/C12H20O/c1-9(2)8-12(13)11-6-4-10(3)5-7-11/h6,9-10H,4-5,7-8H2,1-3H3. The van der Waals surface area contributed by atoms with E-state index in [1.54, 1.807) is 0 Å². The number of carbonyl (C=O) groups is 1. The number of Topliss-reactive ketones (excluding diaryl/α,β-unsaturated/α-hetero) is 1. The van der Waals surface area contributed by atoms with E-state index in [0.29, 0.717) is 11.7 Å². The van der Waals surface area contributed by atoms with Gasteiger partial charge in [-0.05, 0) is 36.7 Å². The van der Waals surface area contributed by atoms with Crippen molar-refractivity contribution in [3.8, 4) is 0 Å². The first-order valence-corrected chi connectivity index (χ1v) is 5.31. The maximum atomic E-state index is 11.6. The molecule has 0 saturated carbocycles. The minimum atomic E-state index is 0.377. The fourth-order valence-electron chi connectivity index (χ4n) is 1.72. The largest absolute Gasteiger partial charge is 0.295 e. The molecule has 13 heavy (non-hydrogen) atoms. The molecule has 0 amide bonds. The minimum Gasteiger partial charge on any atom is -0.295 e. The van der Waals surface area contributed by atoms with Crippen molar-refractivity contribution in [2.45, 2.75) is 46.5 Å². The monoisotopic (exact) mass is 180 g/mol. The minimum absolute atomic E-state index is 0.377. The molecule has 0 fully saturated rings. The summed E-state index contributed by atoms with van der Waals surface area (Å²) in [4.78, 5) is 11.6. The molecular formula is C12H20O. The normalized spacial score (nSPS) is 23.1. The SMILES string of the molecule is CC(C)CC(=O)C1=CCC(C)CC1. The van der Waals surface area contributed by atoms with Gasteiger partial charge in [-0.2, -0.15) is 0 Å². The summed E-state index contributed by atoms with van der Waals surface area (Å²) < 4.78 is 0. The second kappa shape index (κ2) is 4.59. The highest BCUT2D eigenvalue weighted by Gasteiger charge is 2.16. The molecule has 0 N–H and O–H groups in total. The zero-order valence-electron chi connectivity index (χ0n) is 8.97. The van der Waals surface area contributed by atoms with Crippen molar-refractivity contribution in [1.82, 2.24) is 0 Å². The van der Waals surface area contributed by atoms with Gasteiger partial charge in [-0.15, -0.1) is 0 Å². The van der Waals surface area contributed by atoms with Gasteiger partial charge in [0.1, 0.15) is 0 Å². The Morgan fingerprint density at radius 1 is 1.62 bits per heavy atom. The smallest absolute Gasteiger partial charge is 0.158 e. The molecule has 1 heteroatoms. The van der Waals surface area contributed by atoms with E-state index in [0.717, 1.165) is 30.8 Å². The van der Waals surface area contributed by atoms with E-state index in [9.17, 15) is 4.79 Å². The molecular weight excluding hydrogens is 160 g/mol. The summed E-state index contributed by atoms with van der Waals surface area (Å²) in [5.41, 5.74) is 1.09. The van der Waals surface area contributed by atoms with Crippen LogP contribution in [0.1, 0.15) is 46.5 Å². The lowest BCUT2D eigenvalue weighted by molar-refractivity contribution is -0.116. The molecule has 74 valence electrons. The Bertz CT molecular complexity index is 213. The molecule has 0 heterocycles. The van der Waals surface area contributed by atoms with Crippen molar-refractivity contribution in [3.63, 3.8) is 0 Å². The van der Waals surface area contributed by atoms with Crippen molar-refractivity contribution < 1.29 is 4.79 Å². The van der Waals surface area contributed by atoms with Crippen LogP contribution in [0.15, 0.2) is 11.6 Å². The third kappa shape index (κ3) is 3.33. The highest BCUT2D eigenvalue weighted by Crippen LogP contribution is 2.24. The highest BCUT2D eigenvalue weighted by molar-refractivity contribution is 5.95. The fourth-order valence-corrected chi connectivity index (χ4v) is 1.72. The van der Waals surface area contributed by atoms with Crippen molar-refractivity contribution in [2.75, 3.05) is 0 Å². The maximum absolute atomic E-state index is 11.6. The zero-order chi connectivity index (χ0) is 9.84. The number of allylic oxidation sites excluding steroid dienone is 2. The molecule has 0 bridgehead atoms. The summed E-state index contributed by atoms with van der Waals surface area (Å²) in [5, 5.41) is 0. The summed E-state index contributed by atoms with van der Waals surface area (Å²) in [6.45, 7) is 6.45. The third-order valence-corrected chi connectivity index (χ3v) is 2.62. The fraction of sp³-hybridized carbons (Fsp3) is 0.750. The molecule has 0 aromatic carbocycles. The Labute approximate surface area is 81.2 Å². The van der Waals surface area contributed by atoms with Crippen LogP contribution < -0.4 is 0 Å². The quantitative estimate of drug-likeness (QED) is 0.651. The van der Waals surface area contributed by atoms with E-state index in [-0.39, 0.29) is 0 Å². The lowest BCUT2D eigenvalue weighted by Crippen LogP contribution is -2.11. The van der Waals surface area contributed by atoms with E-state index >= 15 is 0 Å². The van der Waals surface area contributed by atoms with Crippen LogP contribution in [0.5, 0.6) is 0 Å². The molecule has 0 aromatic rings. The number of hydrogen-bond acceptors (Lipinski definition) is 1. The van der Waals surface area contributed by atoms with Gasteiger partial charge in [0.05, 0.1) is 0 Å². The van der Waals surface area contributed by atoms with Crippen LogP contribution in [0.4, 0.5) is 0 Å². The Morgan fingerprint density at radius 3 is 2.77 bits per heavy atom. The second-order valence-electron chi connectivity index (χ2n) is 4.63. The van der Waals surface area contributed by atoms with Gasteiger partial charge < -0.3 is 0 Å². The predicted molar refractivity (Wildman–Crippen MR) is 55.6 cm³/mol. The molecule has 0 aromatic heterocycles. The van der Waals surface area contributed by atoms with Gasteiger partial charge in [-0.25, -0.2) is 0 Å². The first kappa shape index (κ1) is 10.5. The lowest BCUT2D eigenvalue weighted by atomic mass is 9.87. The van der Waals surface area contributed by atoms with Gasteiger partial charge in [0.2, 0.25) is 0 Å². The van der Waals surface area contributed by atoms with Crippen LogP contribution in [0.3, 0.4) is 0 Å². The first-order chi connectivity index (χ1) is 6.09. The van der Waals surface area contributed by atoms with Gasteiger partial charge in [-0.1, -0.05) is 26.8 Å². The van der Waals surface area contributed by atoms with Crippen molar-refractivity contribution in [2.24, 2.45) is 11.8 Å². The second-order valence-corrected chi connectivity index (χ2v) is 4.63. The van der Waals surface area contributed by atoms with Crippen LogP contribution in [0, 0.1) is 11.8 Å². The van der Waals surface area contributed by atoms with E-state index in [2.05, 4.69) is 26.8 Å². The summed E-state index contributed by atoms with van der Waals surface area (Å²) in [6.07, 6.45) is 6.17. The number of hydrogen-bond donors (Lipinski definition) is 0. The summed E-state index contributed by atoms with van der Waals surface area (Å²) in [7, 11) is 0. The molecule has 1 aliphatic carbocycles. The van der Waals surface area contributed by atoms with Crippen molar-refractivity contribution >= 4 is 5.78 Å². The maximum Gasteiger partial charge on any atom is 0.158 e. The molecule has 0 aliphatic heterocycles. The van der Waals surface area contributed by atoms with Gasteiger partial charge >= 0.3 is 0 Å². The predicted octanol–water partition coefficient (Wildman–Crippen LogP) is 3.35. The summed E-state index contributed by atoms with van der Waals surface area (Å²) >= 11 is 0. The topological polar surface area (TPSA) is 17.1 Å². The molecule has 1 nitrogen and oxygen atoms in total. The molecule has 0 saturated heterocycles. The molecule has 1 unspecified atom stereocenters. The summed E-state index contributed by atoms with van der Waals surface area (Å²) in [5.74, 6) is 1.64. The number of rotatable bonds is 3. The Morgan fingerprint density at radius 2 is 2.31 bits per heavy atom. The van der Waals surface area contributed by atoms with Crippen LogP contribution in [0.2, 0.25) is 0 Å². The van der Waals surface area contributed by atoms with E-state index in [1.807, 2.05) is 0 Å². The molecule has 1 aliphatic rings. The average molecular weight is 180 g/mol. The van der Waals surface area contributed by atoms with E-state index < -0.39 is 0 Å². The van der Waals surface area contributed by atoms with Crippen molar-refractivity contribution in [3.05, 3.63) is 11.6 Å². The van der Waals surface area contributed by atoms with E-state index in [4.69, 9.17) is 0 Å². The Balaban J connectivity index is 2.48.